The molecule has 0 amide bonds. The van der Waals surface area contributed by atoms with Crippen molar-refractivity contribution in [3.8, 4) is 5.75 Å². The molecule has 4 nitrogen and oxygen atoms in total. The van der Waals surface area contributed by atoms with Crippen molar-refractivity contribution in [3.63, 3.8) is 0 Å². The Labute approximate surface area is 149 Å². The molecule has 25 heavy (non-hydrogen) atoms. The van der Waals surface area contributed by atoms with Crippen LogP contribution in [-0.4, -0.2) is 27.4 Å². The van der Waals surface area contributed by atoms with Crippen molar-refractivity contribution in [2.24, 2.45) is 0 Å². The number of aliphatic hydroxyl groups excluding tert-OH is 1. The average molecular weight is 338 g/mol. The molecule has 0 saturated carbocycles. The van der Waals surface area contributed by atoms with Gasteiger partial charge in [0, 0.05) is 0 Å². The summed E-state index contributed by atoms with van der Waals surface area (Å²) >= 11 is 0. The molecule has 3 aromatic rings. The second kappa shape index (κ2) is 6.89. The maximum atomic E-state index is 10.5. The van der Waals surface area contributed by atoms with Crippen LogP contribution in [0.2, 0.25) is 0 Å². The number of benzene rings is 2. The number of ether oxygens (including phenoxy) is 1. The fraction of sp³-hybridized carbons (Fsp3) is 0.381. The summed E-state index contributed by atoms with van der Waals surface area (Å²) in [6, 6.07) is 16.0. The van der Waals surface area contributed by atoms with Crippen LogP contribution in [0.15, 0.2) is 48.5 Å². The van der Waals surface area contributed by atoms with Gasteiger partial charge in [-0.3, -0.25) is 0 Å². The first-order valence-electron chi connectivity index (χ1n) is 8.68. The van der Waals surface area contributed by atoms with Crippen LogP contribution in [0, 0.1) is 6.92 Å². The van der Waals surface area contributed by atoms with Crippen molar-refractivity contribution in [2.45, 2.75) is 45.8 Å². The van der Waals surface area contributed by atoms with Crippen LogP contribution in [0.4, 0.5) is 0 Å². The quantitative estimate of drug-likeness (QED) is 0.762. The predicted octanol–water partition coefficient (Wildman–Crippen LogP) is 4.08. The zero-order valence-corrected chi connectivity index (χ0v) is 15.4. The third-order valence-electron chi connectivity index (χ3n) is 4.37. The van der Waals surface area contributed by atoms with Crippen molar-refractivity contribution in [2.75, 3.05) is 6.61 Å². The van der Waals surface area contributed by atoms with E-state index in [1.165, 1.54) is 0 Å². The van der Waals surface area contributed by atoms with E-state index in [9.17, 15) is 5.11 Å². The van der Waals surface area contributed by atoms with Crippen molar-refractivity contribution in [1.29, 1.82) is 0 Å². The molecule has 0 saturated heterocycles. The number of rotatable bonds is 5. The van der Waals surface area contributed by atoms with E-state index in [2.05, 4.69) is 31.8 Å². The van der Waals surface area contributed by atoms with E-state index >= 15 is 0 Å². The third kappa shape index (κ3) is 3.85. The van der Waals surface area contributed by atoms with E-state index in [-0.39, 0.29) is 12.0 Å². The summed E-state index contributed by atoms with van der Waals surface area (Å²) < 4.78 is 7.98. The first kappa shape index (κ1) is 17.5. The molecule has 1 unspecified atom stereocenters. The Morgan fingerprint density at radius 2 is 1.76 bits per heavy atom. The molecule has 1 heterocycles. The summed E-state index contributed by atoms with van der Waals surface area (Å²) in [5, 5.41) is 10.5. The molecule has 0 aliphatic heterocycles. The largest absolute Gasteiger partial charge is 0.491 e. The van der Waals surface area contributed by atoms with Crippen molar-refractivity contribution < 1.29 is 9.84 Å². The summed E-state index contributed by atoms with van der Waals surface area (Å²) in [4.78, 5) is 4.54. The highest BCUT2D eigenvalue weighted by molar-refractivity contribution is 5.75. The summed E-state index contributed by atoms with van der Waals surface area (Å²) in [5.41, 5.74) is 3.13. The minimum Gasteiger partial charge on any atom is -0.491 e. The lowest BCUT2D eigenvalue weighted by atomic mass is 9.86. The molecule has 0 radical (unpaired) electrons. The number of fused-ring (bicyclic) bond motifs is 1. The Hall–Kier alpha value is -2.33. The van der Waals surface area contributed by atoms with E-state index in [4.69, 9.17) is 4.74 Å². The van der Waals surface area contributed by atoms with Crippen LogP contribution >= 0.6 is 0 Å². The van der Waals surface area contributed by atoms with Gasteiger partial charge in [0.05, 0.1) is 17.6 Å². The van der Waals surface area contributed by atoms with E-state index in [1.54, 1.807) is 0 Å². The lowest BCUT2D eigenvalue weighted by Gasteiger charge is -2.23. The SMILES string of the molecule is Cc1nc2ccccc2n1CC(O)COc1ccccc1C(C)(C)C. The Morgan fingerprint density at radius 1 is 1.08 bits per heavy atom. The highest BCUT2D eigenvalue weighted by Gasteiger charge is 2.19. The van der Waals surface area contributed by atoms with Crippen molar-refractivity contribution in [3.05, 3.63) is 59.9 Å². The van der Waals surface area contributed by atoms with Gasteiger partial charge in [-0.15, -0.1) is 0 Å². The monoisotopic (exact) mass is 338 g/mol. The van der Waals surface area contributed by atoms with Gasteiger partial charge in [0.2, 0.25) is 0 Å². The standard InChI is InChI=1S/C21H26N2O2/c1-15-22-18-10-6-7-11-19(18)23(15)13-16(24)14-25-20-12-8-5-9-17(20)21(2,3)4/h5-12,16,24H,13-14H2,1-4H3. The minimum absolute atomic E-state index is 0.00131. The molecule has 0 spiro atoms. The Kier molecular flexibility index (Phi) is 4.82. The van der Waals surface area contributed by atoms with Gasteiger partial charge >= 0.3 is 0 Å². The predicted molar refractivity (Wildman–Crippen MR) is 101 cm³/mol. The maximum Gasteiger partial charge on any atom is 0.123 e. The fourth-order valence-corrected chi connectivity index (χ4v) is 3.09. The van der Waals surface area contributed by atoms with Crippen LogP contribution in [-0.2, 0) is 12.0 Å². The Bertz CT molecular complexity index is 862. The maximum absolute atomic E-state index is 10.5. The van der Waals surface area contributed by atoms with Gasteiger partial charge in [0.15, 0.2) is 0 Å². The van der Waals surface area contributed by atoms with Crippen LogP contribution in [0.25, 0.3) is 11.0 Å². The van der Waals surface area contributed by atoms with Crippen molar-refractivity contribution >= 4 is 11.0 Å². The third-order valence-corrected chi connectivity index (χ3v) is 4.37. The van der Waals surface area contributed by atoms with Gasteiger partial charge in [0.25, 0.3) is 0 Å². The minimum atomic E-state index is -0.607. The van der Waals surface area contributed by atoms with Crippen LogP contribution < -0.4 is 4.74 Å². The van der Waals surface area contributed by atoms with Gasteiger partial charge in [-0.25, -0.2) is 4.98 Å². The van der Waals surface area contributed by atoms with Crippen LogP contribution in [0.5, 0.6) is 5.75 Å². The summed E-state index contributed by atoms with van der Waals surface area (Å²) in [6.45, 7) is 9.15. The number of aryl methyl sites for hydroxylation is 1. The molecule has 1 atom stereocenters. The molecule has 1 N–H and O–H groups in total. The number of para-hydroxylation sites is 3. The second-order valence-corrected chi connectivity index (χ2v) is 7.47. The molecule has 0 bridgehead atoms. The summed E-state index contributed by atoms with van der Waals surface area (Å²) in [5.74, 6) is 1.73. The fourth-order valence-electron chi connectivity index (χ4n) is 3.09. The van der Waals surface area contributed by atoms with Gasteiger partial charge in [-0.05, 0) is 36.1 Å². The first-order valence-corrected chi connectivity index (χ1v) is 8.68. The number of aliphatic hydroxyl groups is 1. The molecule has 132 valence electrons. The molecular formula is C21H26N2O2. The second-order valence-electron chi connectivity index (χ2n) is 7.47. The number of aromatic nitrogens is 2. The zero-order valence-electron chi connectivity index (χ0n) is 15.4. The summed E-state index contributed by atoms with van der Waals surface area (Å²) in [7, 11) is 0. The molecule has 0 aliphatic carbocycles. The normalized spacial score (nSPS) is 13.2. The molecule has 2 aromatic carbocycles. The lowest BCUT2D eigenvalue weighted by molar-refractivity contribution is 0.0919. The number of nitrogens with zero attached hydrogens (tertiary/aromatic N) is 2. The Morgan fingerprint density at radius 3 is 2.52 bits per heavy atom. The van der Waals surface area contributed by atoms with E-state index in [0.717, 1.165) is 28.2 Å². The smallest absolute Gasteiger partial charge is 0.123 e. The van der Waals surface area contributed by atoms with Crippen LogP contribution in [0.1, 0.15) is 32.2 Å². The average Bonchev–Trinajstić information content (AvgIpc) is 2.88. The molecular weight excluding hydrogens is 312 g/mol. The van der Waals surface area contributed by atoms with E-state index in [1.807, 2.05) is 54.0 Å². The summed E-state index contributed by atoms with van der Waals surface area (Å²) in [6.07, 6.45) is -0.607. The van der Waals surface area contributed by atoms with Gasteiger partial charge < -0.3 is 14.4 Å². The van der Waals surface area contributed by atoms with Crippen molar-refractivity contribution in [1.82, 2.24) is 9.55 Å². The Balaban J connectivity index is 1.72. The molecule has 1 aromatic heterocycles. The van der Waals surface area contributed by atoms with E-state index < -0.39 is 6.10 Å². The molecule has 4 heteroatoms. The zero-order chi connectivity index (χ0) is 18.0. The topological polar surface area (TPSA) is 47.3 Å². The molecule has 0 fully saturated rings. The first-order chi connectivity index (χ1) is 11.9. The number of hydrogen-bond donors (Lipinski definition) is 1. The molecule has 3 rings (SSSR count). The number of imidazole rings is 1. The highest BCUT2D eigenvalue weighted by atomic mass is 16.5. The van der Waals surface area contributed by atoms with Gasteiger partial charge in [-0.1, -0.05) is 51.1 Å². The molecule has 0 aliphatic rings. The van der Waals surface area contributed by atoms with Crippen LogP contribution in [0.3, 0.4) is 0 Å². The van der Waals surface area contributed by atoms with E-state index in [0.29, 0.717) is 6.54 Å². The van der Waals surface area contributed by atoms with Gasteiger partial charge in [-0.2, -0.15) is 0 Å². The van der Waals surface area contributed by atoms with Gasteiger partial charge in [0.1, 0.15) is 24.3 Å². The highest BCUT2D eigenvalue weighted by Crippen LogP contribution is 2.31. The lowest BCUT2D eigenvalue weighted by Crippen LogP contribution is -2.25. The number of hydrogen-bond acceptors (Lipinski definition) is 3.